The SMILES string of the molecule is CC12CCC3C(CC=C4C[C@@H](OC5CCCCO5)CC[C@@]43C)C1CC[C@@]21C=CC(=O)O1. The molecule has 5 unspecified atom stereocenters. The van der Waals surface area contributed by atoms with Gasteiger partial charge in [0.25, 0.3) is 0 Å². The van der Waals surface area contributed by atoms with E-state index in [0.29, 0.717) is 17.4 Å². The number of fused-ring (bicyclic) bond motifs is 6. The van der Waals surface area contributed by atoms with E-state index < -0.39 is 0 Å². The second kappa shape index (κ2) is 7.18. The van der Waals surface area contributed by atoms with Crippen molar-refractivity contribution in [1.82, 2.24) is 0 Å². The molecule has 0 aromatic heterocycles. The Morgan fingerprint density at radius 3 is 2.68 bits per heavy atom. The van der Waals surface area contributed by atoms with E-state index in [1.165, 1.54) is 44.9 Å². The molecule has 0 amide bonds. The lowest BCUT2D eigenvalue weighted by molar-refractivity contribution is -0.195. The van der Waals surface area contributed by atoms with Gasteiger partial charge in [-0.3, -0.25) is 0 Å². The zero-order valence-corrected chi connectivity index (χ0v) is 19.2. The second-order valence-corrected chi connectivity index (χ2v) is 11.7. The number of hydrogen-bond donors (Lipinski definition) is 0. The van der Waals surface area contributed by atoms with Gasteiger partial charge in [-0.25, -0.2) is 4.79 Å². The van der Waals surface area contributed by atoms with Gasteiger partial charge < -0.3 is 14.2 Å². The van der Waals surface area contributed by atoms with Crippen molar-refractivity contribution in [2.75, 3.05) is 6.61 Å². The van der Waals surface area contributed by atoms with Gasteiger partial charge in [0.1, 0.15) is 5.60 Å². The number of esters is 1. The third-order valence-corrected chi connectivity index (χ3v) is 10.5. The first kappa shape index (κ1) is 20.5. The predicted octanol–water partition coefficient (Wildman–Crippen LogP) is 5.71. The van der Waals surface area contributed by atoms with Crippen molar-refractivity contribution >= 4 is 5.97 Å². The minimum Gasteiger partial charge on any atom is -0.451 e. The average Bonchev–Trinajstić information content (AvgIpc) is 3.29. The third-order valence-electron chi connectivity index (χ3n) is 10.5. The van der Waals surface area contributed by atoms with Gasteiger partial charge in [0.05, 0.1) is 6.10 Å². The molecule has 0 radical (unpaired) electrons. The van der Waals surface area contributed by atoms with Crippen LogP contribution in [-0.4, -0.2) is 30.6 Å². The highest BCUT2D eigenvalue weighted by molar-refractivity contribution is 5.85. The number of carbonyl (C=O) groups is 1. The summed E-state index contributed by atoms with van der Waals surface area (Å²) >= 11 is 0. The van der Waals surface area contributed by atoms with E-state index in [-0.39, 0.29) is 23.3 Å². The minimum atomic E-state index is -0.337. The summed E-state index contributed by atoms with van der Waals surface area (Å²) in [4.78, 5) is 12.0. The maximum absolute atomic E-state index is 12.0. The Bertz CT molecular complexity index is 810. The molecule has 0 N–H and O–H groups in total. The fraction of sp³-hybridized carbons (Fsp3) is 0.815. The van der Waals surface area contributed by atoms with Crippen LogP contribution < -0.4 is 0 Å². The summed E-state index contributed by atoms with van der Waals surface area (Å²) in [5, 5.41) is 0. The number of allylic oxidation sites excluding steroid dienone is 1. The summed E-state index contributed by atoms with van der Waals surface area (Å²) in [6.45, 7) is 5.82. The fourth-order valence-corrected chi connectivity index (χ4v) is 8.70. The zero-order chi connectivity index (χ0) is 21.3. The molecule has 4 heteroatoms. The van der Waals surface area contributed by atoms with Crippen molar-refractivity contribution in [2.45, 2.75) is 102 Å². The molecule has 0 bridgehead atoms. The van der Waals surface area contributed by atoms with Crippen LogP contribution >= 0.6 is 0 Å². The molecule has 8 atom stereocenters. The summed E-state index contributed by atoms with van der Waals surface area (Å²) in [6, 6.07) is 0. The molecular weight excluding hydrogens is 388 g/mol. The summed E-state index contributed by atoms with van der Waals surface area (Å²) in [6.07, 6.45) is 19.5. The van der Waals surface area contributed by atoms with E-state index >= 15 is 0 Å². The molecule has 6 aliphatic rings. The van der Waals surface area contributed by atoms with Gasteiger partial charge in [0.2, 0.25) is 0 Å². The van der Waals surface area contributed by atoms with Crippen molar-refractivity contribution in [1.29, 1.82) is 0 Å². The lowest BCUT2D eigenvalue weighted by Crippen LogP contribution is -2.54. The topological polar surface area (TPSA) is 44.8 Å². The van der Waals surface area contributed by atoms with Gasteiger partial charge in [-0.1, -0.05) is 25.5 Å². The highest BCUT2D eigenvalue weighted by atomic mass is 16.7. The van der Waals surface area contributed by atoms with Crippen LogP contribution in [0.15, 0.2) is 23.8 Å². The van der Waals surface area contributed by atoms with Crippen LogP contribution in [0.1, 0.15) is 84.5 Å². The van der Waals surface area contributed by atoms with Crippen LogP contribution in [0.3, 0.4) is 0 Å². The number of rotatable bonds is 2. The maximum atomic E-state index is 12.0. The third kappa shape index (κ3) is 2.96. The first-order chi connectivity index (χ1) is 14.9. The molecule has 170 valence electrons. The lowest BCUT2D eigenvalue weighted by Gasteiger charge is -2.59. The van der Waals surface area contributed by atoms with E-state index in [1.807, 2.05) is 0 Å². The molecule has 2 aliphatic heterocycles. The van der Waals surface area contributed by atoms with Crippen molar-refractivity contribution in [2.24, 2.45) is 28.6 Å². The van der Waals surface area contributed by atoms with Gasteiger partial charge in [-0.2, -0.15) is 0 Å². The molecule has 3 saturated carbocycles. The predicted molar refractivity (Wildman–Crippen MR) is 118 cm³/mol. The van der Waals surface area contributed by atoms with Crippen LogP contribution in [0.4, 0.5) is 0 Å². The Hall–Kier alpha value is -1.13. The minimum absolute atomic E-state index is 0.0206. The number of carbonyl (C=O) groups excluding carboxylic acids is 1. The normalized spacial score (nSPS) is 51.1. The van der Waals surface area contributed by atoms with E-state index in [1.54, 1.807) is 11.6 Å². The van der Waals surface area contributed by atoms with E-state index in [4.69, 9.17) is 14.2 Å². The first-order valence-corrected chi connectivity index (χ1v) is 12.8. The lowest BCUT2D eigenvalue weighted by atomic mass is 9.47. The van der Waals surface area contributed by atoms with Crippen molar-refractivity contribution in [3.63, 3.8) is 0 Å². The molecule has 6 rings (SSSR count). The van der Waals surface area contributed by atoms with Crippen molar-refractivity contribution < 1.29 is 19.0 Å². The molecular formula is C27H38O4. The van der Waals surface area contributed by atoms with Crippen LogP contribution in [0.5, 0.6) is 0 Å². The summed E-state index contributed by atoms with van der Waals surface area (Å²) in [5.74, 6) is 2.00. The molecule has 31 heavy (non-hydrogen) atoms. The van der Waals surface area contributed by atoms with Crippen molar-refractivity contribution in [3.05, 3.63) is 23.8 Å². The summed E-state index contributed by atoms with van der Waals surface area (Å²) < 4.78 is 18.2. The molecule has 0 aromatic carbocycles. The van der Waals surface area contributed by atoms with Crippen LogP contribution in [-0.2, 0) is 19.0 Å². The Morgan fingerprint density at radius 2 is 1.90 bits per heavy atom. The molecule has 0 aromatic rings. The van der Waals surface area contributed by atoms with Gasteiger partial charge in [-0.05, 0) is 99.9 Å². The highest BCUT2D eigenvalue weighted by Gasteiger charge is 2.65. The van der Waals surface area contributed by atoms with Gasteiger partial charge >= 0.3 is 5.97 Å². The van der Waals surface area contributed by atoms with Gasteiger partial charge in [0.15, 0.2) is 6.29 Å². The van der Waals surface area contributed by atoms with E-state index in [0.717, 1.165) is 44.1 Å². The molecule has 1 saturated heterocycles. The van der Waals surface area contributed by atoms with Crippen LogP contribution in [0, 0.1) is 28.6 Å². The molecule has 4 aliphatic carbocycles. The first-order valence-electron chi connectivity index (χ1n) is 12.8. The zero-order valence-electron chi connectivity index (χ0n) is 19.2. The average molecular weight is 427 g/mol. The summed E-state index contributed by atoms with van der Waals surface area (Å²) in [5.41, 5.74) is 1.73. The van der Waals surface area contributed by atoms with Gasteiger partial charge in [-0.15, -0.1) is 0 Å². The van der Waals surface area contributed by atoms with Gasteiger partial charge in [0, 0.05) is 18.1 Å². The number of hydrogen-bond acceptors (Lipinski definition) is 4. The smallest absolute Gasteiger partial charge is 0.331 e. The summed E-state index contributed by atoms with van der Waals surface area (Å²) in [7, 11) is 0. The standard InChI is InChI=1S/C27H38O4/c1-25-12-8-19(30-24-5-3-4-16-29-24)17-18(25)6-7-20-21(25)9-13-26(2)22(20)10-14-27(26)15-11-23(28)31-27/h6,11,15,19-22,24H,3-5,7-10,12-14,16-17H2,1-2H3/t19-,20?,21?,22?,24?,25-,26?,27+/m0/s1. The largest absolute Gasteiger partial charge is 0.451 e. The molecule has 2 heterocycles. The Kier molecular flexibility index (Phi) is 4.74. The molecule has 1 spiro atoms. The Balaban J connectivity index is 1.21. The van der Waals surface area contributed by atoms with E-state index in [9.17, 15) is 4.79 Å². The highest BCUT2D eigenvalue weighted by Crippen LogP contribution is 2.68. The maximum Gasteiger partial charge on any atom is 0.331 e. The molecule has 4 nitrogen and oxygen atoms in total. The van der Waals surface area contributed by atoms with E-state index in [2.05, 4.69) is 26.0 Å². The quantitative estimate of drug-likeness (QED) is 0.419. The van der Waals surface area contributed by atoms with Crippen LogP contribution in [0.25, 0.3) is 0 Å². The number of ether oxygens (including phenoxy) is 3. The molecule has 4 fully saturated rings. The van der Waals surface area contributed by atoms with Crippen molar-refractivity contribution in [3.8, 4) is 0 Å². The Morgan fingerprint density at radius 1 is 1.03 bits per heavy atom. The Labute approximate surface area is 186 Å². The monoisotopic (exact) mass is 426 g/mol. The second-order valence-electron chi connectivity index (χ2n) is 11.7. The van der Waals surface area contributed by atoms with Crippen LogP contribution in [0.2, 0.25) is 0 Å². The fourth-order valence-electron chi connectivity index (χ4n) is 8.70.